The van der Waals surface area contributed by atoms with Crippen LogP contribution >= 0.6 is 11.8 Å². The number of thioether (sulfide) groups is 1. The van der Waals surface area contributed by atoms with Gasteiger partial charge in [0.05, 0.1) is 28.7 Å². The molecule has 1 heterocycles. The Morgan fingerprint density at radius 2 is 1.91 bits per heavy atom. The molecule has 0 fully saturated rings. The summed E-state index contributed by atoms with van der Waals surface area (Å²) in [6, 6.07) is 15.1. The van der Waals surface area contributed by atoms with Crippen molar-refractivity contribution < 1.29 is 4.79 Å². The summed E-state index contributed by atoms with van der Waals surface area (Å²) in [5.74, 6) is 2.01. The summed E-state index contributed by atoms with van der Waals surface area (Å²) in [6.45, 7) is 9.46. The molecule has 3 rings (SSSR count). The number of nitrogens with zero attached hydrogens (tertiary/aromatic N) is 3. The zero-order chi connectivity index (χ0) is 23.1. The van der Waals surface area contributed by atoms with Gasteiger partial charge in [-0.3, -0.25) is 4.79 Å². The summed E-state index contributed by atoms with van der Waals surface area (Å²) in [4.78, 5) is 19.3. The van der Waals surface area contributed by atoms with E-state index in [9.17, 15) is 4.79 Å². The first-order valence-electron chi connectivity index (χ1n) is 11.4. The summed E-state index contributed by atoms with van der Waals surface area (Å²) in [5.41, 5.74) is 3.19. The number of fused-ring (bicyclic) bond motifs is 1. The van der Waals surface area contributed by atoms with Gasteiger partial charge in [-0.25, -0.2) is 4.98 Å². The van der Waals surface area contributed by atoms with E-state index in [2.05, 4.69) is 61.8 Å². The molecule has 3 aromatic rings. The van der Waals surface area contributed by atoms with Crippen LogP contribution in [0.15, 0.2) is 47.4 Å². The van der Waals surface area contributed by atoms with Gasteiger partial charge in [0, 0.05) is 17.0 Å². The fraction of sp³-hybridized carbons (Fsp3) is 0.423. The van der Waals surface area contributed by atoms with Crippen molar-refractivity contribution in [3.63, 3.8) is 0 Å². The van der Waals surface area contributed by atoms with E-state index in [0.29, 0.717) is 11.1 Å². The maximum atomic E-state index is 13.0. The molecule has 1 N–H and O–H groups in total. The minimum Gasteiger partial charge on any atom is -0.342 e. The lowest BCUT2D eigenvalue weighted by molar-refractivity contribution is 0.0922. The highest BCUT2D eigenvalue weighted by atomic mass is 32.2. The Morgan fingerprint density at radius 3 is 2.53 bits per heavy atom. The number of imidazole rings is 1. The van der Waals surface area contributed by atoms with Crippen LogP contribution in [-0.2, 0) is 6.54 Å². The molecule has 2 aromatic carbocycles. The van der Waals surface area contributed by atoms with Crippen LogP contribution in [0.2, 0.25) is 0 Å². The van der Waals surface area contributed by atoms with Gasteiger partial charge in [-0.05, 0) is 67.0 Å². The van der Waals surface area contributed by atoms with Crippen molar-refractivity contribution in [3.05, 3.63) is 59.4 Å². The second-order valence-electron chi connectivity index (χ2n) is 8.36. The minimum atomic E-state index is -0.214. The van der Waals surface area contributed by atoms with Crippen molar-refractivity contribution in [1.29, 1.82) is 5.26 Å². The van der Waals surface area contributed by atoms with E-state index in [-0.39, 0.29) is 17.9 Å². The van der Waals surface area contributed by atoms with E-state index in [0.717, 1.165) is 48.4 Å². The summed E-state index contributed by atoms with van der Waals surface area (Å²) in [7, 11) is 0. The zero-order valence-corrected chi connectivity index (χ0v) is 20.2. The number of nitriles is 1. The van der Waals surface area contributed by atoms with Crippen molar-refractivity contribution in [2.45, 2.75) is 64.4 Å². The quantitative estimate of drug-likeness (QED) is 0.368. The first-order chi connectivity index (χ1) is 15.5. The highest BCUT2D eigenvalue weighted by Crippen LogP contribution is 2.30. The molecule has 32 heavy (non-hydrogen) atoms. The van der Waals surface area contributed by atoms with E-state index in [4.69, 9.17) is 10.2 Å². The molecule has 0 bridgehead atoms. The molecule has 1 atom stereocenters. The third-order valence-corrected chi connectivity index (χ3v) is 6.66. The smallest absolute Gasteiger partial charge is 0.251 e. The number of rotatable bonds is 10. The van der Waals surface area contributed by atoms with Gasteiger partial charge in [0.2, 0.25) is 0 Å². The Kier molecular flexibility index (Phi) is 8.35. The molecule has 0 aliphatic heterocycles. The molecule has 0 aliphatic carbocycles. The molecule has 168 valence electrons. The summed E-state index contributed by atoms with van der Waals surface area (Å²) in [5, 5.41) is 12.2. The normalized spacial score (nSPS) is 12.1. The van der Waals surface area contributed by atoms with Crippen LogP contribution in [0.1, 0.15) is 74.7 Å². The van der Waals surface area contributed by atoms with Crippen LogP contribution in [0.3, 0.4) is 0 Å². The predicted octanol–water partition coefficient (Wildman–Crippen LogP) is 6.34. The molecule has 5 nitrogen and oxygen atoms in total. The zero-order valence-electron chi connectivity index (χ0n) is 19.4. The van der Waals surface area contributed by atoms with Crippen LogP contribution < -0.4 is 5.32 Å². The van der Waals surface area contributed by atoms with Gasteiger partial charge in [0.1, 0.15) is 5.82 Å². The van der Waals surface area contributed by atoms with E-state index in [1.54, 1.807) is 24.3 Å². The fourth-order valence-electron chi connectivity index (χ4n) is 3.68. The summed E-state index contributed by atoms with van der Waals surface area (Å²) in [6.07, 6.45) is 3.28. The molecule has 0 saturated carbocycles. The average molecular weight is 449 g/mol. The number of nitrogens with one attached hydrogen (secondary N) is 1. The van der Waals surface area contributed by atoms with Crippen LogP contribution in [0, 0.1) is 17.2 Å². The van der Waals surface area contributed by atoms with Crippen molar-refractivity contribution in [1.82, 2.24) is 14.9 Å². The van der Waals surface area contributed by atoms with Crippen LogP contribution in [0.25, 0.3) is 11.0 Å². The lowest BCUT2D eigenvalue weighted by Crippen LogP contribution is -2.33. The summed E-state index contributed by atoms with van der Waals surface area (Å²) < 4.78 is 2.27. The lowest BCUT2D eigenvalue weighted by Gasteiger charge is -2.23. The first-order valence-corrected chi connectivity index (χ1v) is 12.4. The maximum Gasteiger partial charge on any atom is 0.251 e. The molecule has 1 unspecified atom stereocenters. The van der Waals surface area contributed by atoms with Crippen molar-refractivity contribution >= 4 is 28.7 Å². The second kappa shape index (κ2) is 11.2. The number of aromatic nitrogens is 2. The van der Waals surface area contributed by atoms with Gasteiger partial charge >= 0.3 is 0 Å². The second-order valence-corrected chi connectivity index (χ2v) is 9.53. The highest BCUT2D eigenvalue weighted by Gasteiger charge is 2.25. The topological polar surface area (TPSA) is 70.7 Å². The van der Waals surface area contributed by atoms with Crippen molar-refractivity contribution in [3.8, 4) is 6.07 Å². The molecule has 0 saturated heterocycles. The minimum absolute atomic E-state index is 0.151. The van der Waals surface area contributed by atoms with E-state index in [1.807, 2.05) is 11.8 Å². The Morgan fingerprint density at radius 1 is 1.16 bits per heavy atom. The third-order valence-electron chi connectivity index (χ3n) is 5.46. The van der Waals surface area contributed by atoms with E-state index in [1.165, 1.54) is 4.90 Å². The van der Waals surface area contributed by atoms with Crippen molar-refractivity contribution in [2.24, 2.45) is 5.92 Å². The Labute approximate surface area is 195 Å². The molecule has 1 amide bonds. The van der Waals surface area contributed by atoms with Crippen LogP contribution in [0.5, 0.6) is 0 Å². The van der Waals surface area contributed by atoms with Gasteiger partial charge in [0.15, 0.2) is 0 Å². The molecule has 6 heteroatoms. The van der Waals surface area contributed by atoms with Crippen molar-refractivity contribution in [2.75, 3.05) is 5.75 Å². The Hall–Kier alpha value is -2.78. The molecular formula is C26H32N4OS. The highest BCUT2D eigenvalue weighted by molar-refractivity contribution is 7.99. The SMILES string of the molecule is CCCCn1c(C(NC(=O)c2ccc(C#N)cc2)C(C)C)nc2cc(SCCC)ccc21. The number of benzene rings is 2. The van der Waals surface area contributed by atoms with Crippen LogP contribution in [0.4, 0.5) is 0 Å². The predicted molar refractivity (Wildman–Crippen MR) is 132 cm³/mol. The van der Waals surface area contributed by atoms with Gasteiger partial charge in [-0.1, -0.05) is 34.1 Å². The maximum absolute atomic E-state index is 13.0. The monoisotopic (exact) mass is 448 g/mol. The Bertz CT molecular complexity index is 1100. The number of aryl methyl sites for hydroxylation is 1. The van der Waals surface area contributed by atoms with E-state index < -0.39 is 0 Å². The molecule has 1 aromatic heterocycles. The lowest BCUT2D eigenvalue weighted by atomic mass is 10.0. The number of amides is 1. The number of carbonyl (C=O) groups excluding carboxylic acids is 1. The van der Waals surface area contributed by atoms with E-state index >= 15 is 0 Å². The number of carbonyl (C=O) groups is 1. The first kappa shape index (κ1) is 23.9. The molecule has 0 radical (unpaired) electrons. The molecule has 0 aliphatic rings. The third kappa shape index (κ3) is 5.52. The van der Waals surface area contributed by atoms with Gasteiger partial charge < -0.3 is 9.88 Å². The Balaban J connectivity index is 1.97. The van der Waals surface area contributed by atoms with Gasteiger partial charge in [0.25, 0.3) is 5.91 Å². The molecule has 0 spiro atoms. The number of unbranched alkanes of at least 4 members (excludes halogenated alkanes) is 1. The largest absolute Gasteiger partial charge is 0.342 e. The van der Waals surface area contributed by atoms with Gasteiger partial charge in [-0.15, -0.1) is 11.8 Å². The summed E-state index contributed by atoms with van der Waals surface area (Å²) >= 11 is 1.85. The molecular weight excluding hydrogens is 416 g/mol. The average Bonchev–Trinajstić information content (AvgIpc) is 3.16. The number of hydrogen-bond acceptors (Lipinski definition) is 4. The van der Waals surface area contributed by atoms with Crippen LogP contribution in [-0.4, -0.2) is 21.2 Å². The number of hydrogen-bond donors (Lipinski definition) is 1. The standard InChI is InChI=1S/C26H32N4OS/c1-5-7-14-30-23-13-12-21(32-15-6-2)16-22(23)28-25(30)24(18(3)4)29-26(31)20-10-8-19(17-27)9-11-20/h8-13,16,18,24H,5-7,14-15H2,1-4H3,(H,29,31). The fourth-order valence-corrected chi connectivity index (χ4v) is 4.48. The van der Waals surface area contributed by atoms with Gasteiger partial charge in [-0.2, -0.15) is 5.26 Å².